The van der Waals surface area contributed by atoms with Gasteiger partial charge < -0.3 is 14.5 Å². The van der Waals surface area contributed by atoms with E-state index in [1.165, 1.54) is 7.11 Å². The highest BCUT2D eigenvalue weighted by atomic mass is 16.5. The first-order chi connectivity index (χ1) is 9.51. The fraction of sp³-hybridized carbons (Fsp3) is 0.692. The van der Waals surface area contributed by atoms with Crippen molar-refractivity contribution in [2.75, 3.05) is 40.3 Å². The Kier molecular flexibility index (Phi) is 4.49. The maximum absolute atomic E-state index is 12.1. The van der Waals surface area contributed by atoms with Crippen molar-refractivity contribution in [3.63, 3.8) is 0 Å². The molecule has 2 aliphatic rings. The van der Waals surface area contributed by atoms with Crippen LogP contribution < -0.4 is 0 Å². The molecule has 0 radical (unpaired) electrons. The molecule has 1 atom stereocenters. The predicted octanol–water partition coefficient (Wildman–Crippen LogP) is -0.230. The lowest BCUT2D eigenvalue weighted by Gasteiger charge is -2.34. The molecule has 1 unspecified atom stereocenters. The van der Waals surface area contributed by atoms with Gasteiger partial charge in [-0.05, 0) is 14.0 Å². The molecule has 2 aliphatic heterocycles. The van der Waals surface area contributed by atoms with E-state index in [2.05, 4.69) is 26.7 Å². The first-order valence-electron chi connectivity index (χ1n) is 6.69. The highest BCUT2D eigenvalue weighted by molar-refractivity contribution is 6.15. The Balaban J connectivity index is 2.06. The van der Waals surface area contributed by atoms with Crippen LogP contribution in [0.25, 0.3) is 0 Å². The number of likely N-dealkylation sites (N-methyl/N-ethyl adjacent to an activating group) is 1. The normalized spacial score (nSPS) is 24.2. The van der Waals surface area contributed by atoms with E-state index < -0.39 is 11.9 Å². The second-order valence-corrected chi connectivity index (χ2v) is 5.13. The highest BCUT2D eigenvalue weighted by Crippen LogP contribution is 2.16. The number of ether oxygens (including phenoxy) is 1. The number of carbonyl (C=O) groups is 2. The zero-order valence-electron chi connectivity index (χ0n) is 12.1. The van der Waals surface area contributed by atoms with Gasteiger partial charge in [-0.1, -0.05) is 0 Å². The van der Waals surface area contributed by atoms with Gasteiger partial charge in [0, 0.05) is 31.9 Å². The van der Waals surface area contributed by atoms with Crippen LogP contribution in [0.4, 0.5) is 0 Å². The average Bonchev–Trinajstić information content (AvgIpc) is 2.43. The van der Waals surface area contributed by atoms with Crippen molar-refractivity contribution < 1.29 is 14.3 Å². The van der Waals surface area contributed by atoms with Crippen molar-refractivity contribution in [1.82, 2.24) is 9.80 Å². The SMILES string of the molecule is COC(=O)CC1C(=O)N=C(N2CCN(C)CC2)N=C1C. The number of aliphatic imine (C=N–C) groups is 2. The number of hydrogen-bond donors (Lipinski definition) is 0. The van der Waals surface area contributed by atoms with E-state index in [1.54, 1.807) is 6.92 Å². The molecule has 0 N–H and O–H groups in total. The van der Waals surface area contributed by atoms with Crippen molar-refractivity contribution in [3.05, 3.63) is 0 Å². The van der Waals surface area contributed by atoms with E-state index in [1.807, 2.05) is 4.90 Å². The molecule has 2 heterocycles. The molecule has 0 aromatic rings. The van der Waals surface area contributed by atoms with E-state index in [0.717, 1.165) is 26.2 Å². The second kappa shape index (κ2) is 6.13. The van der Waals surface area contributed by atoms with E-state index in [4.69, 9.17) is 0 Å². The minimum absolute atomic E-state index is 0.00415. The summed E-state index contributed by atoms with van der Waals surface area (Å²) in [7, 11) is 3.37. The van der Waals surface area contributed by atoms with Crippen LogP contribution in [-0.2, 0) is 14.3 Å². The van der Waals surface area contributed by atoms with Crippen LogP contribution in [0.1, 0.15) is 13.3 Å². The molecular weight excluding hydrogens is 260 g/mol. The summed E-state index contributed by atoms with van der Waals surface area (Å²) in [5.74, 6) is -0.839. The van der Waals surface area contributed by atoms with Crippen molar-refractivity contribution >= 4 is 23.5 Å². The fourth-order valence-corrected chi connectivity index (χ4v) is 2.25. The number of amides is 1. The van der Waals surface area contributed by atoms with Gasteiger partial charge in [-0.3, -0.25) is 9.59 Å². The standard InChI is InChI=1S/C13H20N4O3/c1-9-10(8-11(18)20-3)12(19)15-13(14-9)17-6-4-16(2)5-7-17/h10H,4-8H2,1-3H3. The Morgan fingerprint density at radius 2 is 1.95 bits per heavy atom. The number of hydrogen-bond acceptors (Lipinski definition) is 6. The predicted molar refractivity (Wildman–Crippen MR) is 74.7 cm³/mol. The smallest absolute Gasteiger partial charge is 0.306 e. The Hall–Kier alpha value is -1.76. The van der Waals surface area contributed by atoms with Crippen LogP contribution in [0.15, 0.2) is 9.98 Å². The summed E-state index contributed by atoms with van der Waals surface area (Å²) in [5.41, 5.74) is 0.629. The van der Waals surface area contributed by atoms with Gasteiger partial charge in [-0.2, -0.15) is 4.99 Å². The molecule has 7 heteroatoms. The van der Waals surface area contributed by atoms with Gasteiger partial charge >= 0.3 is 5.97 Å². The highest BCUT2D eigenvalue weighted by Gasteiger charge is 2.31. The Morgan fingerprint density at radius 1 is 1.30 bits per heavy atom. The Morgan fingerprint density at radius 3 is 2.50 bits per heavy atom. The Labute approximate surface area is 118 Å². The average molecular weight is 280 g/mol. The van der Waals surface area contributed by atoms with E-state index >= 15 is 0 Å². The summed E-state index contributed by atoms with van der Waals surface area (Å²) < 4.78 is 4.59. The van der Waals surface area contributed by atoms with Gasteiger partial charge in [0.1, 0.15) is 0 Å². The lowest BCUT2D eigenvalue weighted by atomic mass is 9.99. The van der Waals surface area contributed by atoms with Crippen molar-refractivity contribution in [3.8, 4) is 0 Å². The zero-order chi connectivity index (χ0) is 14.7. The van der Waals surface area contributed by atoms with Crippen molar-refractivity contribution in [1.29, 1.82) is 0 Å². The number of rotatable bonds is 2. The third kappa shape index (κ3) is 3.22. The number of carbonyl (C=O) groups excluding carboxylic acids is 2. The van der Waals surface area contributed by atoms with Gasteiger partial charge in [0.15, 0.2) is 0 Å². The van der Waals surface area contributed by atoms with Crippen LogP contribution in [-0.4, -0.2) is 73.7 Å². The molecule has 7 nitrogen and oxygen atoms in total. The molecule has 0 spiro atoms. The van der Waals surface area contributed by atoms with Crippen LogP contribution in [0.3, 0.4) is 0 Å². The molecule has 110 valence electrons. The minimum atomic E-state index is -0.585. The first-order valence-corrected chi connectivity index (χ1v) is 6.69. The molecule has 0 aromatic heterocycles. The molecule has 20 heavy (non-hydrogen) atoms. The molecule has 0 bridgehead atoms. The molecular formula is C13H20N4O3. The minimum Gasteiger partial charge on any atom is -0.469 e. The first kappa shape index (κ1) is 14.6. The third-order valence-electron chi connectivity index (χ3n) is 3.67. The zero-order valence-corrected chi connectivity index (χ0v) is 12.1. The second-order valence-electron chi connectivity index (χ2n) is 5.13. The Bertz CT molecular complexity index is 464. The molecule has 0 aliphatic carbocycles. The van der Waals surface area contributed by atoms with E-state index in [9.17, 15) is 9.59 Å². The van der Waals surface area contributed by atoms with Crippen LogP contribution in [0, 0.1) is 5.92 Å². The van der Waals surface area contributed by atoms with Crippen LogP contribution >= 0.6 is 0 Å². The summed E-state index contributed by atoms with van der Waals surface area (Å²) in [5, 5.41) is 0. The molecule has 0 aromatic carbocycles. The lowest BCUT2D eigenvalue weighted by Crippen LogP contribution is -2.48. The summed E-state index contributed by atoms with van der Waals surface area (Å²) >= 11 is 0. The largest absolute Gasteiger partial charge is 0.469 e. The van der Waals surface area contributed by atoms with Gasteiger partial charge in [0.25, 0.3) is 5.91 Å². The number of guanidine groups is 1. The number of esters is 1. The molecule has 0 saturated carbocycles. The van der Waals surface area contributed by atoms with Gasteiger partial charge in [0.05, 0.1) is 19.4 Å². The summed E-state index contributed by atoms with van der Waals surface area (Å²) in [6, 6.07) is 0. The summed E-state index contributed by atoms with van der Waals surface area (Å²) in [6.07, 6.45) is 0.00415. The molecule has 1 saturated heterocycles. The maximum Gasteiger partial charge on any atom is 0.306 e. The quantitative estimate of drug-likeness (QED) is 0.653. The third-order valence-corrected chi connectivity index (χ3v) is 3.67. The molecule has 1 fully saturated rings. The summed E-state index contributed by atoms with van der Waals surface area (Å²) in [4.78, 5) is 36.0. The van der Waals surface area contributed by atoms with Crippen molar-refractivity contribution in [2.24, 2.45) is 15.9 Å². The van der Waals surface area contributed by atoms with Gasteiger partial charge in [0.2, 0.25) is 5.96 Å². The molecule has 1 amide bonds. The summed E-state index contributed by atoms with van der Waals surface area (Å²) in [6.45, 7) is 5.22. The number of nitrogens with zero attached hydrogens (tertiary/aromatic N) is 4. The maximum atomic E-state index is 12.1. The van der Waals surface area contributed by atoms with E-state index in [0.29, 0.717) is 11.7 Å². The fourth-order valence-electron chi connectivity index (χ4n) is 2.25. The number of piperazine rings is 1. The lowest BCUT2D eigenvalue weighted by molar-refractivity contribution is -0.142. The number of methoxy groups -OCH3 is 1. The topological polar surface area (TPSA) is 74.6 Å². The van der Waals surface area contributed by atoms with Crippen LogP contribution in [0.5, 0.6) is 0 Å². The molecule has 2 rings (SSSR count). The monoisotopic (exact) mass is 280 g/mol. The van der Waals surface area contributed by atoms with Gasteiger partial charge in [-0.25, -0.2) is 4.99 Å². The van der Waals surface area contributed by atoms with E-state index in [-0.39, 0.29) is 12.3 Å². The van der Waals surface area contributed by atoms with Gasteiger partial charge in [-0.15, -0.1) is 0 Å². The van der Waals surface area contributed by atoms with Crippen LogP contribution in [0.2, 0.25) is 0 Å². The van der Waals surface area contributed by atoms with Crippen molar-refractivity contribution in [2.45, 2.75) is 13.3 Å².